The van der Waals surface area contributed by atoms with Gasteiger partial charge in [-0.2, -0.15) is 0 Å². The van der Waals surface area contributed by atoms with Crippen LogP contribution in [0.1, 0.15) is 38.7 Å². The zero-order valence-electron chi connectivity index (χ0n) is 21.6. The van der Waals surface area contributed by atoms with Crippen LogP contribution in [0.4, 0.5) is 9.18 Å². The van der Waals surface area contributed by atoms with Crippen LogP contribution in [0.5, 0.6) is 0 Å². The van der Waals surface area contributed by atoms with E-state index in [1.165, 1.54) is 0 Å². The summed E-state index contributed by atoms with van der Waals surface area (Å²) in [5.74, 6) is -2.76. The highest BCUT2D eigenvalue weighted by molar-refractivity contribution is 5.95. The number of halogens is 1. The molecular weight excluding hydrogens is 499 g/mol. The van der Waals surface area contributed by atoms with Gasteiger partial charge in [-0.1, -0.05) is 44.2 Å². The van der Waals surface area contributed by atoms with Crippen LogP contribution in [-0.4, -0.2) is 83.7 Å². The van der Waals surface area contributed by atoms with Crippen LogP contribution in [-0.2, 0) is 25.7 Å². The minimum absolute atomic E-state index is 0.00502. The van der Waals surface area contributed by atoms with Crippen molar-refractivity contribution in [2.75, 3.05) is 19.8 Å². The van der Waals surface area contributed by atoms with Gasteiger partial charge < -0.3 is 36.4 Å². The second-order valence-corrected chi connectivity index (χ2v) is 9.47. The first-order valence-electron chi connectivity index (χ1n) is 12.5. The molecule has 1 fully saturated rings. The summed E-state index contributed by atoms with van der Waals surface area (Å²) in [4.78, 5) is 52.2. The molecule has 4 atom stereocenters. The Morgan fingerprint density at radius 3 is 2.50 bits per heavy atom. The predicted molar refractivity (Wildman–Crippen MR) is 137 cm³/mol. The lowest BCUT2D eigenvalue weighted by Crippen LogP contribution is -2.56. The fourth-order valence-corrected chi connectivity index (χ4v) is 4.09. The van der Waals surface area contributed by atoms with Crippen molar-refractivity contribution in [3.63, 3.8) is 0 Å². The van der Waals surface area contributed by atoms with Crippen molar-refractivity contribution in [3.8, 4) is 0 Å². The molecule has 0 saturated carbocycles. The first-order chi connectivity index (χ1) is 18.0. The molecule has 1 aromatic rings. The molecule has 0 unspecified atom stereocenters. The Morgan fingerprint density at radius 1 is 1.21 bits per heavy atom. The van der Waals surface area contributed by atoms with Crippen molar-refractivity contribution in [2.45, 2.75) is 63.9 Å². The van der Waals surface area contributed by atoms with Crippen molar-refractivity contribution in [1.82, 2.24) is 20.9 Å². The number of Topliss-reactive ketones (excluding diaryl/α,β-unsaturated/α-hetero) is 1. The monoisotopic (exact) mass is 536 g/mol. The Morgan fingerprint density at radius 2 is 1.89 bits per heavy atom. The number of hydrogen-bond acceptors (Lipinski definition) is 7. The summed E-state index contributed by atoms with van der Waals surface area (Å²) in [6.07, 6.45) is -1.49. The molecule has 1 aliphatic heterocycles. The summed E-state index contributed by atoms with van der Waals surface area (Å²) >= 11 is 0. The van der Waals surface area contributed by atoms with E-state index in [9.17, 15) is 28.7 Å². The van der Waals surface area contributed by atoms with Crippen molar-refractivity contribution >= 4 is 29.7 Å². The summed E-state index contributed by atoms with van der Waals surface area (Å²) in [5, 5.41) is 25.0. The van der Waals surface area contributed by atoms with Gasteiger partial charge in [-0.05, 0) is 24.3 Å². The van der Waals surface area contributed by atoms with E-state index in [0.717, 1.165) is 10.5 Å². The smallest absolute Gasteiger partial charge is 0.408 e. The van der Waals surface area contributed by atoms with Crippen LogP contribution in [0.25, 0.3) is 0 Å². The molecule has 13 heteroatoms. The molecule has 2 rings (SSSR count). The van der Waals surface area contributed by atoms with E-state index >= 15 is 0 Å². The maximum atomic E-state index is 13.4. The van der Waals surface area contributed by atoms with Crippen LogP contribution in [0.15, 0.2) is 30.3 Å². The number of carbonyl (C=O) groups excluding carboxylic acids is 4. The van der Waals surface area contributed by atoms with Crippen LogP contribution in [0, 0.1) is 11.3 Å². The predicted octanol–water partition coefficient (Wildman–Crippen LogP) is 0.186. The third kappa shape index (κ3) is 9.29. The first kappa shape index (κ1) is 30.5. The Balaban J connectivity index is 2.05. The summed E-state index contributed by atoms with van der Waals surface area (Å²) in [6, 6.07) is 5.69. The Labute approximate surface area is 221 Å². The van der Waals surface area contributed by atoms with E-state index in [1.807, 2.05) is 6.07 Å². The lowest BCUT2D eigenvalue weighted by molar-refractivity contribution is -0.141. The SMILES string of the molecule is CC(C)[C@H](NC(=O)OCc1ccccc1)C(=O)N1C[C@@H](O)C[C@H]1C(=O)N[C@@H](CCCNC(=N)N)C(=O)CF. The van der Waals surface area contributed by atoms with Gasteiger partial charge in [0.1, 0.15) is 25.4 Å². The van der Waals surface area contributed by atoms with Gasteiger partial charge in [0.2, 0.25) is 11.8 Å². The van der Waals surface area contributed by atoms with Crippen molar-refractivity contribution in [2.24, 2.45) is 11.7 Å². The Hall–Kier alpha value is -3.74. The minimum Gasteiger partial charge on any atom is -0.445 e. The van der Waals surface area contributed by atoms with Gasteiger partial charge in [-0.25, -0.2) is 9.18 Å². The lowest BCUT2D eigenvalue weighted by Gasteiger charge is -2.30. The number of aliphatic hydroxyl groups is 1. The number of aliphatic hydroxyl groups excluding tert-OH is 1. The third-order valence-electron chi connectivity index (χ3n) is 6.11. The molecule has 0 aliphatic carbocycles. The Bertz CT molecular complexity index is 978. The van der Waals surface area contributed by atoms with Gasteiger partial charge in [0.15, 0.2) is 11.7 Å². The van der Waals surface area contributed by atoms with E-state index in [2.05, 4.69) is 16.0 Å². The summed E-state index contributed by atoms with van der Waals surface area (Å²) in [5.41, 5.74) is 5.98. The highest BCUT2D eigenvalue weighted by atomic mass is 19.1. The average Bonchev–Trinajstić information content (AvgIpc) is 3.28. The molecule has 3 amide bonds. The van der Waals surface area contributed by atoms with Gasteiger partial charge in [-0.3, -0.25) is 19.8 Å². The second kappa shape index (κ2) is 14.9. The number of ketones is 1. The fourth-order valence-electron chi connectivity index (χ4n) is 4.09. The number of likely N-dealkylation sites (tertiary alicyclic amines) is 1. The standard InChI is InChI=1S/C25H37FN6O6/c1-15(2)21(31-25(37)38-14-16-7-4-3-5-8-16)23(36)32-13-17(33)11-19(32)22(35)30-18(20(34)12-26)9-6-10-29-24(27)28/h3-5,7-8,15,17-19,21,33H,6,9-14H2,1-2H3,(H,30,35)(H,31,37)(H4,27,28,29)/t17-,18-,19-,21-/m0/s1. The number of alkyl halides is 1. The molecule has 7 N–H and O–H groups in total. The number of carbonyl (C=O) groups is 4. The molecule has 0 spiro atoms. The normalized spacial score (nSPS) is 18.4. The number of benzene rings is 1. The van der Waals surface area contributed by atoms with Gasteiger partial charge in [0.05, 0.1) is 12.1 Å². The average molecular weight is 537 g/mol. The van der Waals surface area contributed by atoms with Gasteiger partial charge >= 0.3 is 6.09 Å². The van der Waals surface area contributed by atoms with Gasteiger partial charge in [0, 0.05) is 19.5 Å². The molecule has 1 aliphatic rings. The maximum absolute atomic E-state index is 13.4. The highest BCUT2D eigenvalue weighted by Crippen LogP contribution is 2.22. The molecule has 38 heavy (non-hydrogen) atoms. The topological polar surface area (TPSA) is 187 Å². The molecule has 0 aromatic heterocycles. The van der Waals surface area contributed by atoms with Crippen LogP contribution < -0.4 is 21.7 Å². The maximum Gasteiger partial charge on any atom is 0.408 e. The molecule has 12 nitrogen and oxygen atoms in total. The van der Waals surface area contributed by atoms with E-state index in [1.54, 1.807) is 38.1 Å². The zero-order chi connectivity index (χ0) is 28.2. The number of nitrogens with one attached hydrogen (secondary N) is 4. The molecule has 1 saturated heterocycles. The highest BCUT2D eigenvalue weighted by Gasteiger charge is 2.43. The van der Waals surface area contributed by atoms with Crippen molar-refractivity contribution in [1.29, 1.82) is 5.41 Å². The molecule has 0 bridgehead atoms. The van der Waals surface area contributed by atoms with E-state index in [0.29, 0.717) is 6.42 Å². The largest absolute Gasteiger partial charge is 0.445 e. The van der Waals surface area contributed by atoms with Gasteiger partial charge in [-0.15, -0.1) is 0 Å². The molecular formula is C25H37FN6O6. The number of hydrogen-bond donors (Lipinski definition) is 6. The molecule has 1 heterocycles. The summed E-state index contributed by atoms with van der Waals surface area (Å²) < 4.78 is 18.4. The number of guanidine groups is 1. The number of β-amino-alcohol motifs (C(OH)–C–C–N with tert-alkyl or cyclic N) is 1. The second-order valence-electron chi connectivity index (χ2n) is 9.47. The summed E-state index contributed by atoms with van der Waals surface area (Å²) in [6.45, 7) is 2.25. The summed E-state index contributed by atoms with van der Waals surface area (Å²) in [7, 11) is 0. The van der Waals surface area contributed by atoms with E-state index in [-0.39, 0.29) is 44.4 Å². The third-order valence-corrected chi connectivity index (χ3v) is 6.11. The number of nitrogens with zero attached hydrogens (tertiary/aromatic N) is 1. The minimum atomic E-state index is -1.29. The zero-order valence-corrected chi connectivity index (χ0v) is 21.6. The quantitative estimate of drug-likeness (QED) is 0.117. The van der Waals surface area contributed by atoms with Crippen LogP contribution in [0.3, 0.4) is 0 Å². The number of amides is 3. The molecule has 1 aromatic carbocycles. The lowest BCUT2D eigenvalue weighted by atomic mass is 10.0. The van der Waals surface area contributed by atoms with E-state index < -0.39 is 54.6 Å². The van der Waals surface area contributed by atoms with Crippen LogP contribution in [0.2, 0.25) is 0 Å². The molecule has 210 valence electrons. The van der Waals surface area contributed by atoms with Gasteiger partial charge in [0.25, 0.3) is 0 Å². The Kier molecular flexibility index (Phi) is 11.9. The van der Waals surface area contributed by atoms with Crippen molar-refractivity contribution < 1.29 is 33.4 Å². The van der Waals surface area contributed by atoms with E-state index in [4.69, 9.17) is 15.9 Å². The number of ether oxygens (including phenoxy) is 1. The first-order valence-corrected chi connectivity index (χ1v) is 12.5. The number of rotatable bonds is 13. The number of nitrogens with two attached hydrogens (primary N) is 1. The van der Waals surface area contributed by atoms with Crippen LogP contribution >= 0.6 is 0 Å². The molecule has 0 radical (unpaired) electrons. The number of alkyl carbamates (subject to hydrolysis) is 1. The van der Waals surface area contributed by atoms with Crippen molar-refractivity contribution in [3.05, 3.63) is 35.9 Å². The fraction of sp³-hybridized carbons (Fsp3) is 0.560.